The van der Waals surface area contributed by atoms with Crippen LogP contribution in [0.3, 0.4) is 0 Å². The summed E-state index contributed by atoms with van der Waals surface area (Å²) in [5, 5.41) is 1.70. The van der Waals surface area contributed by atoms with E-state index in [1.165, 1.54) is 0 Å². The van der Waals surface area contributed by atoms with E-state index in [2.05, 4.69) is 9.97 Å². The van der Waals surface area contributed by atoms with Gasteiger partial charge in [-0.1, -0.05) is 11.6 Å². The molecule has 1 heterocycles. The molecule has 2 rings (SSSR count). The first-order chi connectivity index (χ1) is 6.70. The summed E-state index contributed by atoms with van der Waals surface area (Å²) in [5.41, 5.74) is 7.28. The Hall–Kier alpha value is -1.19. The smallest absolute Gasteiger partial charge is 0.142 e. The van der Waals surface area contributed by atoms with Crippen LogP contribution in [0, 0.1) is 6.92 Å². The Labute approximate surface area is 86.9 Å². The molecule has 0 radical (unpaired) electrons. The van der Waals surface area contributed by atoms with E-state index in [-0.39, 0.29) is 0 Å². The van der Waals surface area contributed by atoms with E-state index in [0.717, 1.165) is 16.6 Å². The highest BCUT2D eigenvalue weighted by Gasteiger charge is 2.03. The zero-order chi connectivity index (χ0) is 10.1. The maximum absolute atomic E-state index is 5.87. The molecular formula is C10H10ClN3. The maximum atomic E-state index is 5.87. The third-order valence-corrected chi connectivity index (χ3v) is 2.31. The summed E-state index contributed by atoms with van der Waals surface area (Å²) in [5.74, 6) is 0.650. The van der Waals surface area contributed by atoms with Crippen molar-refractivity contribution in [3.05, 3.63) is 34.7 Å². The number of benzene rings is 1. The Balaban J connectivity index is 2.77. The van der Waals surface area contributed by atoms with Crippen LogP contribution < -0.4 is 5.73 Å². The fourth-order valence-electron chi connectivity index (χ4n) is 1.41. The molecule has 0 saturated heterocycles. The minimum Gasteiger partial charge on any atom is -0.324 e. The minimum absolute atomic E-state index is 0.350. The average Bonchev–Trinajstić information content (AvgIpc) is 2.16. The summed E-state index contributed by atoms with van der Waals surface area (Å²) in [6.45, 7) is 2.29. The Morgan fingerprint density at radius 2 is 2.14 bits per heavy atom. The predicted octanol–water partition coefficient (Wildman–Crippen LogP) is 2.05. The molecule has 0 aliphatic rings. The van der Waals surface area contributed by atoms with Gasteiger partial charge in [-0.3, -0.25) is 0 Å². The topological polar surface area (TPSA) is 51.8 Å². The average molecular weight is 208 g/mol. The van der Waals surface area contributed by atoms with Gasteiger partial charge in [0.2, 0.25) is 0 Å². The highest BCUT2D eigenvalue weighted by Crippen LogP contribution is 2.19. The van der Waals surface area contributed by atoms with Gasteiger partial charge in [0.05, 0.1) is 12.1 Å². The molecule has 2 aromatic rings. The number of hydrogen-bond acceptors (Lipinski definition) is 3. The second-order valence-electron chi connectivity index (χ2n) is 3.09. The maximum Gasteiger partial charge on any atom is 0.142 e. The fraction of sp³-hybridized carbons (Fsp3) is 0.200. The van der Waals surface area contributed by atoms with E-state index in [1.807, 2.05) is 25.1 Å². The zero-order valence-electron chi connectivity index (χ0n) is 7.79. The van der Waals surface area contributed by atoms with E-state index in [4.69, 9.17) is 17.3 Å². The van der Waals surface area contributed by atoms with Crippen molar-refractivity contribution in [3.8, 4) is 0 Å². The van der Waals surface area contributed by atoms with Gasteiger partial charge >= 0.3 is 0 Å². The first-order valence-electron chi connectivity index (χ1n) is 4.33. The third kappa shape index (κ3) is 1.56. The van der Waals surface area contributed by atoms with Crippen molar-refractivity contribution in [3.63, 3.8) is 0 Å². The summed E-state index contributed by atoms with van der Waals surface area (Å²) < 4.78 is 0. The summed E-state index contributed by atoms with van der Waals surface area (Å²) in [6, 6.07) is 5.58. The van der Waals surface area contributed by atoms with E-state index in [0.29, 0.717) is 17.4 Å². The molecule has 0 saturated carbocycles. The molecule has 0 bridgehead atoms. The van der Waals surface area contributed by atoms with Crippen LogP contribution in [-0.2, 0) is 6.54 Å². The monoisotopic (exact) mass is 207 g/mol. The van der Waals surface area contributed by atoms with Crippen molar-refractivity contribution < 1.29 is 0 Å². The van der Waals surface area contributed by atoms with Gasteiger partial charge in [0.15, 0.2) is 0 Å². The van der Waals surface area contributed by atoms with Crippen LogP contribution in [0.1, 0.15) is 11.5 Å². The van der Waals surface area contributed by atoms with Crippen molar-refractivity contribution in [2.75, 3.05) is 0 Å². The van der Waals surface area contributed by atoms with Crippen molar-refractivity contribution in [2.24, 2.45) is 5.73 Å². The van der Waals surface area contributed by atoms with Crippen LogP contribution in [-0.4, -0.2) is 9.97 Å². The van der Waals surface area contributed by atoms with Crippen LogP contribution in [0.4, 0.5) is 0 Å². The molecule has 1 aromatic carbocycles. The molecule has 0 fully saturated rings. The molecule has 14 heavy (non-hydrogen) atoms. The summed E-state index contributed by atoms with van der Waals surface area (Å²) >= 11 is 5.87. The van der Waals surface area contributed by atoms with E-state index >= 15 is 0 Å². The Morgan fingerprint density at radius 3 is 2.86 bits per heavy atom. The van der Waals surface area contributed by atoms with Crippen molar-refractivity contribution in [2.45, 2.75) is 13.5 Å². The van der Waals surface area contributed by atoms with Crippen LogP contribution in [0.25, 0.3) is 10.9 Å². The first-order valence-corrected chi connectivity index (χ1v) is 4.71. The molecule has 0 aliphatic heterocycles. The van der Waals surface area contributed by atoms with E-state index < -0.39 is 0 Å². The van der Waals surface area contributed by atoms with Gasteiger partial charge in [-0.15, -0.1) is 0 Å². The van der Waals surface area contributed by atoms with Gasteiger partial charge in [-0.2, -0.15) is 0 Å². The van der Waals surface area contributed by atoms with Gasteiger partial charge in [0, 0.05) is 16.1 Å². The predicted molar refractivity (Wildman–Crippen MR) is 57.2 cm³/mol. The highest BCUT2D eigenvalue weighted by molar-refractivity contribution is 6.31. The standard InChI is InChI=1S/C10H10ClN3/c1-6-8-3-2-7(11)4-9(8)14-10(5-12)13-6/h2-4H,5,12H2,1H3. The highest BCUT2D eigenvalue weighted by atomic mass is 35.5. The molecular weight excluding hydrogens is 198 g/mol. The van der Waals surface area contributed by atoms with Gasteiger partial charge in [0.25, 0.3) is 0 Å². The Kier molecular flexibility index (Phi) is 2.35. The molecule has 2 N–H and O–H groups in total. The Bertz CT molecular complexity index is 482. The lowest BCUT2D eigenvalue weighted by atomic mass is 10.2. The molecule has 3 nitrogen and oxygen atoms in total. The van der Waals surface area contributed by atoms with Crippen LogP contribution in [0.5, 0.6) is 0 Å². The first kappa shape index (κ1) is 9.37. The summed E-state index contributed by atoms with van der Waals surface area (Å²) in [6.07, 6.45) is 0. The van der Waals surface area contributed by atoms with Gasteiger partial charge in [-0.05, 0) is 25.1 Å². The number of halogens is 1. The van der Waals surface area contributed by atoms with Crippen LogP contribution in [0.2, 0.25) is 5.02 Å². The molecule has 0 amide bonds. The Morgan fingerprint density at radius 1 is 1.36 bits per heavy atom. The number of aryl methyl sites for hydroxylation is 1. The second kappa shape index (κ2) is 3.52. The SMILES string of the molecule is Cc1nc(CN)nc2cc(Cl)ccc12. The van der Waals surface area contributed by atoms with Crippen LogP contribution >= 0.6 is 11.6 Å². The van der Waals surface area contributed by atoms with E-state index in [1.54, 1.807) is 0 Å². The molecule has 0 atom stereocenters. The minimum atomic E-state index is 0.350. The molecule has 0 aliphatic carbocycles. The summed E-state index contributed by atoms with van der Waals surface area (Å²) in [7, 11) is 0. The quantitative estimate of drug-likeness (QED) is 0.779. The zero-order valence-corrected chi connectivity index (χ0v) is 8.54. The number of hydrogen-bond donors (Lipinski definition) is 1. The number of fused-ring (bicyclic) bond motifs is 1. The summed E-state index contributed by atoms with van der Waals surface area (Å²) in [4.78, 5) is 8.57. The molecule has 4 heteroatoms. The van der Waals surface area contributed by atoms with Crippen molar-refractivity contribution in [1.29, 1.82) is 0 Å². The lowest BCUT2D eigenvalue weighted by molar-refractivity contribution is 0.911. The second-order valence-corrected chi connectivity index (χ2v) is 3.53. The van der Waals surface area contributed by atoms with E-state index in [9.17, 15) is 0 Å². The number of nitrogens with two attached hydrogens (primary N) is 1. The molecule has 0 unspecified atom stereocenters. The van der Waals surface area contributed by atoms with Gasteiger partial charge in [-0.25, -0.2) is 9.97 Å². The van der Waals surface area contributed by atoms with Crippen molar-refractivity contribution in [1.82, 2.24) is 9.97 Å². The lowest BCUT2D eigenvalue weighted by Crippen LogP contribution is -2.04. The van der Waals surface area contributed by atoms with Crippen LogP contribution in [0.15, 0.2) is 18.2 Å². The van der Waals surface area contributed by atoms with Gasteiger partial charge in [0.1, 0.15) is 5.82 Å². The largest absolute Gasteiger partial charge is 0.324 e. The fourth-order valence-corrected chi connectivity index (χ4v) is 1.58. The normalized spacial score (nSPS) is 10.8. The molecule has 0 spiro atoms. The number of aromatic nitrogens is 2. The number of rotatable bonds is 1. The molecule has 72 valence electrons. The number of nitrogens with zero attached hydrogens (tertiary/aromatic N) is 2. The lowest BCUT2D eigenvalue weighted by Gasteiger charge is -2.03. The molecule has 1 aromatic heterocycles. The van der Waals surface area contributed by atoms with Crippen molar-refractivity contribution >= 4 is 22.5 Å². The third-order valence-electron chi connectivity index (χ3n) is 2.08. The van der Waals surface area contributed by atoms with Gasteiger partial charge < -0.3 is 5.73 Å².